The summed E-state index contributed by atoms with van der Waals surface area (Å²) in [6.07, 6.45) is 1.83. The average molecular weight is 398 g/mol. The first-order valence-electron chi connectivity index (χ1n) is 8.87. The second kappa shape index (κ2) is 9.14. The van der Waals surface area contributed by atoms with E-state index in [0.717, 1.165) is 18.9 Å². The van der Waals surface area contributed by atoms with Gasteiger partial charge in [0.25, 0.3) is 11.6 Å². The molecule has 148 valence electrons. The number of ether oxygens (including phenoxy) is 1. The molecule has 3 atom stereocenters. The summed E-state index contributed by atoms with van der Waals surface area (Å²) in [4.78, 5) is 35.4. The lowest BCUT2D eigenvalue weighted by molar-refractivity contribution is -0.384. The van der Waals surface area contributed by atoms with Crippen LogP contribution in [0.3, 0.4) is 0 Å². The summed E-state index contributed by atoms with van der Waals surface area (Å²) >= 11 is 6.00. The molecule has 9 heteroatoms. The molecule has 2 amide bonds. The van der Waals surface area contributed by atoms with E-state index >= 15 is 0 Å². The first-order chi connectivity index (χ1) is 12.7. The van der Waals surface area contributed by atoms with Crippen molar-refractivity contribution >= 4 is 29.1 Å². The van der Waals surface area contributed by atoms with Crippen molar-refractivity contribution in [2.45, 2.75) is 51.8 Å². The Morgan fingerprint density at radius 3 is 2.52 bits per heavy atom. The van der Waals surface area contributed by atoms with Crippen LogP contribution in [-0.2, 0) is 9.53 Å². The molecule has 1 aliphatic heterocycles. The molecule has 8 nitrogen and oxygen atoms in total. The number of hydrogen-bond acceptors (Lipinski definition) is 5. The second-order valence-electron chi connectivity index (χ2n) is 6.97. The number of carbonyl (C=O) groups excluding carboxylic acids is 2. The Balaban J connectivity index is 2.07. The van der Waals surface area contributed by atoms with Crippen LogP contribution in [0.2, 0.25) is 5.02 Å². The van der Waals surface area contributed by atoms with Crippen LogP contribution in [0.5, 0.6) is 0 Å². The van der Waals surface area contributed by atoms with Crippen molar-refractivity contribution in [1.82, 2.24) is 10.6 Å². The van der Waals surface area contributed by atoms with Gasteiger partial charge in [-0.2, -0.15) is 0 Å². The van der Waals surface area contributed by atoms with Gasteiger partial charge in [-0.15, -0.1) is 0 Å². The maximum Gasteiger partial charge on any atom is 0.270 e. The third kappa shape index (κ3) is 5.40. The van der Waals surface area contributed by atoms with E-state index in [-0.39, 0.29) is 40.2 Å². The third-order valence-electron chi connectivity index (χ3n) is 4.54. The molecular weight excluding hydrogens is 374 g/mol. The van der Waals surface area contributed by atoms with Gasteiger partial charge in [-0.05, 0) is 31.7 Å². The molecule has 0 unspecified atom stereocenters. The predicted molar refractivity (Wildman–Crippen MR) is 101 cm³/mol. The largest absolute Gasteiger partial charge is 0.376 e. The lowest BCUT2D eigenvalue weighted by Gasteiger charge is -2.26. The Hall–Kier alpha value is -2.19. The van der Waals surface area contributed by atoms with Crippen LogP contribution in [0, 0.1) is 16.0 Å². The van der Waals surface area contributed by atoms with Gasteiger partial charge < -0.3 is 15.4 Å². The summed E-state index contributed by atoms with van der Waals surface area (Å²) in [6.45, 7) is 6.20. The molecule has 0 radical (unpaired) electrons. The molecule has 2 N–H and O–H groups in total. The molecule has 0 aromatic heterocycles. The number of benzene rings is 1. The molecule has 1 saturated heterocycles. The molecule has 0 saturated carbocycles. The van der Waals surface area contributed by atoms with Crippen molar-refractivity contribution < 1.29 is 19.2 Å². The molecule has 0 spiro atoms. The number of amides is 2. The standard InChI is InChI=1S/C18H24ClN3O5/c1-10(2)16(18(24)20-11(3)15-5-4-8-27-15)21-17(23)13-7-6-12(22(25)26)9-14(13)19/h6-7,9-11,15-16H,4-5,8H2,1-3H3,(H,20,24)(H,21,23)/t11-,15-,16+/m1/s1. The lowest BCUT2D eigenvalue weighted by Crippen LogP contribution is -2.53. The molecule has 1 aromatic carbocycles. The van der Waals surface area contributed by atoms with Crippen LogP contribution in [-0.4, -0.2) is 41.5 Å². The van der Waals surface area contributed by atoms with E-state index in [1.807, 2.05) is 20.8 Å². The van der Waals surface area contributed by atoms with Crippen molar-refractivity contribution in [3.63, 3.8) is 0 Å². The summed E-state index contributed by atoms with van der Waals surface area (Å²) in [7, 11) is 0. The molecule has 1 heterocycles. The summed E-state index contributed by atoms with van der Waals surface area (Å²) in [5.74, 6) is -1.03. The zero-order chi connectivity index (χ0) is 20.1. The fourth-order valence-corrected chi connectivity index (χ4v) is 3.22. The number of nitrogens with zero attached hydrogens (tertiary/aromatic N) is 1. The Morgan fingerprint density at radius 1 is 1.30 bits per heavy atom. The van der Waals surface area contributed by atoms with Gasteiger partial charge in [-0.3, -0.25) is 19.7 Å². The smallest absolute Gasteiger partial charge is 0.270 e. The molecule has 27 heavy (non-hydrogen) atoms. The van der Waals surface area contributed by atoms with Crippen molar-refractivity contribution in [3.8, 4) is 0 Å². The Bertz CT molecular complexity index is 719. The highest BCUT2D eigenvalue weighted by atomic mass is 35.5. The number of non-ortho nitro benzene ring substituents is 1. The number of nitro groups is 1. The molecule has 1 fully saturated rings. The van der Waals surface area contributed by atoms with Gasteiger partial charge >= 0.3 is 0 Å². The molecule has 1 aliphatic rings. The number of nitrogens with one attached hydrogen (secondary N) is 2. The molecule has 2 rings (SSSR count). The fraction of sp³-hybridized carbons (Fsp3) is 0.556. The first-order valence-corrected chi connectivity index (χ1v) is 9.25. The Morgan fingerprint density at radius 2 is 2.00 bits per heavy atom. The number of rotatable bonds is 7. The lowest BCUT2D eigenvalue weighted by atomic mass is 10.0. The Kier molecular flexibility index (Phi) is 7.15. The maximum atomic E-state index is 12.6. The van der Waals surface area contributed by atoms with Crippen LogP contribution in [0.25, 0.3) is 0 Å². The summed E-state index contributed by atoms with van der Waals surface area (Å²) in [5, 5.41) is 16.3. The monoisotopic (exact) mass is 397 g/mol. The highest BCUT2D eigenvalue weighted by molar-refractivity contribution is 6.34. The van der Waals surface area contributed by atoms with Gasteiger partial charge in [-0.25, -0.2) is 0 Å². The van der Waals surface area contributed by atoms with E-state index in [2.05, 4.69) is 10.6 Å². The van der Waals surface area contributed by atoms with Gasteiger partial charge in [0.2, 0.25) is 5.91 Å². The minimum absolute atomic E-state index is 0.0263. The number of nitro benzene ring substituents is 1. The van der Waals surface area contributed by atoms with E-state index in [0.29, 0.717) is 6.61 Å². The number of halogens is 1. The maximum absolute atomic E-state index is 12.6. The second-order valence-corrected chi connectivity index (χ2v) is 7.37. The highest BCUT2D eigenvalue weighted by Gasteiger charge is 2.30. The van der Waals surface area contributed by atoms with Crippen LogP contribution in [0.4, 0.5) is 5.69 Å². The van der Waals surface area contributed by atoms with E-state index < -0.39 is 16.9 Å². The van der Waals surface area contributed by atoms with Crippen LogP contribution >= 0.6 is 11.6 Å². The van der Waals surface area contributed by atoms with Gasteiger partial charge in [0.05, 0.1) is 27.7 Å². The van der Waals surface area contributed by atoms with E-state index in [1.54, 1.807) is 0 Å². The molecule has 0 bridgehead atoms. The quantitative estimate of drug-likeness (QED) is 0.542. The molecular formula is C18H24ClN3O5. The SMILES string of the molecule is CC(C)[C@H](NC(=O)c1ccc([N+](=O)[O-])cc1Cl)C(=O)N[C@H](C)[C@H]1CCCO1. The van der Waals surface area contributed by atoms with E-state index in [1.165, 1.54) is 12.1 Å². The number of carbonyl (C=O) groups is 2. The zero-order valence-electron chi connectivity index (χ0n) is 15.5. The third-order valence-corrected chi connectivity index (χ3v) is 4.85. The van der Waals surface area contributed by atoms with E-state index in [4.69, 9.17) is 16.3 Å². The zero-order valence-corrected chi connectivity index (χ0v) is 16.3. The average Bonchev–Trinajstić information content (AvgIpc) is 3.13. The molecule has 0 aliphatic carbocycles. The van der Waals surface area contributed by atoms with Crippen molar-refractivity contribution in [3.05, 3.63) is 38.9 Å². The fourth-order valence-electron chi connectivity index (χ4n) is 2.96. The predicted octanol–water partition coefficient (Wildman–Crippen LogP) is 2.69. The normalized spacial score (nSPS) is 18.8. The van der Waals surface area contributed by atoms with Crippen molar-refractivity contribution in [2.24, 2.45) is 5.92 Å². The minimum atomic E-state index is -0.771. The Labute approximate surface area is 162 Å². The van der Waals surface area contributed by atoms with Crippen LogP contribution in [0.15, 0.2) is 18.2 Å². The topological polar surface area (TPSA) is 111 Å². The van der Waals surface area contributed by atoms with Crippen LogP contribution in [0.1, 0.15) is 44.0 Å². The first kappa shape index (κ1) is 21.1. The summed E-state index contributed by atoms with van der Waals surface area (Å²) < 4.78 is 5.58. The summed E-state index contributed by atoms with van der Waals surface area (Å²) in [6, 6.07) is 2.65. The molecule has 1 aromatic rings. The van der Waals surface area contributed by atoms with Gasteiger partial charge in [0.1, 0.15) is 6.04 Å². The highest BCUT2D eigenvalue weighted by Crippen LogP contribution is 2.23. The van der Waals surface area contributed by atoms with Gasteiger partial charge in [0.15, 0.2) is 0 Å². The van der Waals surface area contributed by atoms with Crippen LogP contribution < -0.4 is 10.6 Å². The summed E-state index contributed by atoms with van der Waals surface area (Å²) in [5.41, 5.74) is -0.131. The number of hydrogen-bond donors (Lipinski definition) is 2. The van der Waals surface area contributed by atoms with Gasteiger partial charge in [-0.1, -0.05) is 25.4 Å². The minimum Gasteiger partial charge on any atom is -0.376 e. The van der Waals surface area contributed by atoms with Gasteiger partial charge in [0, 0.05) is 18.7 Å². The van der Waals surface area contributed by atoms with Crippen molar-refractivity contribution in [2.75, 3.05) is 6.61 Å². The van der Waals surface area contributed by atoms with Crippen molar-refractivity contribution in [1.29, 1.82) is 0 Å². The van der Waals surface area contributed by atoms with E-state index in [9.17, 15) is 19.7 Å².